The van der Waals surface area contributed by atoms with Gasteiger partial charge in [-0.3, -0.25) is 25.6 Å². The molecule has 0 aromatic heterocycles. The predicted octanol–water partition coefficient (Wildman–Crippen LogP) is -0.756. The highest BCUT2D eigenvalue weighted by molar-refractivity contribution is 5.66. The standard InChI is InChI=1S/C5H12N2O8/c8-5(9)2-1-4(15-7(12)13)3-14-6(10)11/h4,10-13H,1-3H2,(H,8,9). The van der Waals surface area contributed by atoms with Crippen molar-refractivity contribution in [3.8, 4) is 0 Å². The summed E-state index contributed by atoms with van der Waals surface area (Å²) in [5, 5.41) is 40.0. The van der Waals surface area contributed by atoms with Crippen molar-refractivity contribution in [3.05, 3.63) is 0 Å². The SMILES string of the molecule is O=C(O)CCC(CON(O)O)ON(O)O. The third-order valence-electron chi connectivity index (χ3n) is 1.30. The number of carboxylic acids is 1. The second kappa shape index (κ2) is 7.44. The molecular weight excluding hydrogens is 216 g/mol. The second-order valence-corrected chi connectivity index (χ2v) is 2.46. The summed E-state index contributed by atoms with van der Waals surface area (Å²) in [5.74, 6) is -1.11. The van der Waals surface area contributed by atoms with E-state index in [0.29, 0.717) is 0 Å². The van der Waals surface area contributed by atoms with Crippen molar-refractivity contribution in [2.75, 3.05) is 6.61 Å². The first-order valence-corrected chi connectivity index (χ1v) is 3.79. The molecule has 0 heterocycles. The zero-order chi connectivity index (χ0) is 11.8. The summed E-state index contributed by atoms with van der Waals surface area (Å²) >= 11 is 0. The Morgan fingerprint density at radius 3 is 2.20 bits per heavy atom. The predicted molar refractivity (Wildman–Crippen MR) is 38.5 cm³/mol. The Morgan fingerprint density at radius 1 is 1.20 bits per heavy atom. The van der Waals surface area contributed by atoms with Crippen LogP contribution in [0.5, 0.6) is 0 Å². The molecule has 0 radical (unpaired) electrons. The third kappa shape index (κ3) is 9.45. The normalized spacial score (nSPS) is 13.5. The van der Waals surface area contributed by atoms with Crippen LogP contribution >= 0.6 is 0 Å². The minimum Gasteiger partial charge on any atom is -0.481 e. The Kier molecular flexibility index (Phi) is 7.02. The lowest BCUT2D eigenvalue weighted by Gasteiger charge is -2.18. The van der Waals surface area contributed by atoms with Crippen molar-refractivity contribution in [1.29, 1.82) is 0 Å². The molecule has 1 atom stereocenters. The first-order chi connectivity index (χ1) is 6.91. The van der Waals surface area contributed by atoms with Gasteiger partial charge in [-0.2, -0.15) is 0 Å². The van der Waals surface area contributed by atoms with Gasteiger partial charge in [0.2, 0.25) is 0 Å². The van der Waals surface area contributed by atoms with Crippen molar-refractivity contribution in [3.63, 3.8) is 0 Å². The summed E-state index contributed by atoms with van der Waals surface area (Å²) < 4.78 is 0. The zero-order valence-electron chi connectivity index (χ0n) is 7.55. The van der Waals surface area contributed by atoms with Crippen molar-refractivity contribution >= 4 is 5.97 Å². The van der Waals surface area contributed by atoms with Crippen LogP contribution in [0.15, 0.2) is 0 Å². The molecule has 0 bridgehead atoms. The van der Waals surface area contributed by atoms with Gasteiger partial charge in [0.15, 0.2) is 0 Å². The lowest BCUT2D eigenvalue weighted by atomic mass is 10.2. The molecule has 0 aliphatic heterocycles. The van der Waals surface area contributed by atoms with Gasteiger partial charge < -0.3 is 5.11 Å². The number of aliphatic carboxylic acids is 1. The van der Waals surface area contributed by atoms with Crippen molar-refractivity contribution < 1.29 is 40.4 Å². The van der Waals surface area contributed by atoms with E-state index in [4.69, 9.17) is 25.9 Å². The van der Waals surface area contributed by atoms with E-state index in [1.807, 2.05) is 0 Å². The number of nitrogens with zero attached hydrogens (tertiary/aromatic N) is 2. The maximum Gasteiger partial charge on any atom is 0.303 e. The summed E-state index contributed by atoms with van der Waals surface area (Å²) in [6.07, 6.45) is -1.47. The molecule has 0 fully saturated rings. The van der Waals surface area contributed by atoms with Gasteiger partial charge in [-0.1, -0.05) is 0 Å². The second-order valence-electron chi connectivity index (χ2n) is 2.46. The minimum absolute atomic E-state index is 0.110. The highest BCUT2D eigenvalue weighted by Crippen LogP contribution is 2.04. The Hall–Kier alpha value is -0.850. The number of hydrogen-bond donors (Lipinski definition) is 5. The number of carboxylic acid groups (broad SMARTS) is 1. The van der Waals surface area contributed by atoms with Crippen LogP contribution in [0.4, 0.5) is 0 Å². The van der Waals surface area contributed by atoms with E-state index in [1.54, 1.807) is 0 Å². The largest absolute Gasteiger partial charge is 0.481 e. The van der Waals surface area contributed by atoms with Gasteiger partial charge in [-0.25, -0.2) is 9.68 Å². The molecule has 0 rings (SSSR count). The molecule has 0 amide bonds. The summed E-state index contributed by atoms with van der Waals surface area (Å²) in [5.41, 5.74) is 0. The first-order valence-electron chi connectivity index (χ1n) is 3.79. The average Bonchev–Trinajstić information content (AvgIpc) is 2.08. The van der Waals surface area contributed by atoms with Crippen LogP contribution in [0.3, 0.4) is 0 Å². The van der Waals surface area contributed by atoms with E-state index in [2.05, 4.69) is 9.68 Å². The maximum absolute atomic E-state index is 10.2. The van der Waals surface area contributed by atoms with Crippen LogP contribution in [-0.4, -0.2) is 55.4 Å². The molecule has 0 aromatic rings. The molecule has 90 valence electrons. The van der Waals surface area contributed by atoms with E-state index in [0.717, 1.165) is 0 Å². The van der Waals surface area contributed by atoms with Crippen LogP contribution in [0, 0.1) is 0 Å². The molecule has 0 aliphatic rings. The average molecular weight is 228 g/mol. The summed E-state index contributed by atoms with van der Waals surface area (Å²) in [6, 6.07) is 0. The molecule has 15 heavy (non-hydrogen) atoms. The Labute approximate surface area is 83.8 Å². The smallest absolute Gasteiger partial charge is 0.303 e. The lowest BCUT2D eigenvalue weighted by Crippen LogP contribution is -2.31. The van der Waals surface area contributed by atoms with Crippen LogP contribution in [0.1, 0.15) is 12.8 Å². The molecule has 0 aliphatic carbocycles. The summed E-state index contributed by atoms with van der Waals surface area (Å²) in [6.45, 7) is -0.474. The van der Waals surface area contributed by atoms with E-state index in [1.165, 1.54) is 0 Å². The molecule has 10 nitrogen and oxygen atoms in total. The molecule has 0 aromatic carbocycles. The van der Waals surface area contributed by atoms with Gasteiger partial charge in [0.25, 0.3) is 0 Å². The van der Waals surface area contributed by atoms with E-state index in [9.17, 15) is 4.79 Å². The third-order valence-corrected chi connectivity index (χ3v) is 1.30. The van der Waals surface area contributed by atoms with Gasteiger partial charge in [0.05, 0.1) is 10.8 Å². The molecule has 10 heteroatoms. The van der Waals surface area contributed by atoms with Crippen molar-refractivity contribution in [2.24, 2.45) is 0 Å². The molecule has 0 saturated heterocycles. The fourth-order valence-corrected chi connectivity index (χ4v) is 0.734. The number of hydrogen-bond acceptors (Lipinski definition) is 9. The molecule has 0 spiro atoms. The van der Waals surface area contributed by atoms with Crippen LogP contribution in [0.25, 0.3) is 0 Å². The van der Waals surface area contributed by atoms with Crippen LogP contribution in [-0.2, 0) is 14.5 Å². The zero-order valence-corrected chi connectivity index (χ0v) is 7.55. The van der Waals surface area contributed by atoms with E-state index < -0.39 is 29.5 Å². The molecular formula is C5H12N2O8. The number of carbonyl (C=O) groups is 1. The van der Waals surface area contributed by atoms with Crippen molar-refractivity contribution in [2.45, 2.75) is 18.9 Å². The topological polar surface area (TPSA) is 143 Å². The molecule has 0 saturated carbocycles. The fraction of sp³-hybridized carbons (Fsp3) is 0.800. The monoisotopic (exact) mass is 228 g/mol. The van der Waals surface area contributed by atoms with Gasteiger partial charge in [0, 0.05) is 6.42 Å². The highest BCUT2D eigenvalue weighted by Gasteiger charge is 2.16. The van der Waals surface area contributed by atoms with Gasteiger partial charge in [-0.15, -0.1) is 0 Å². The van der Waals surface area contributed by atoms with Gasteiger partial charge in [-0.05, 0) is 6.42 Å². The lowest BCUT2D eigenvalue weighted by molar-refractivity contribution is -0.527. The fourth-order valence-electron chi connectivity index (χ4n) is 0.734. The minimum atomic E-state index is -1.11. The van der Waals surface area contributed by atoms with Gasteiger partial charge in [0.1, 0.15) is 12.7 Å². The quantitative estimate of drug-likeness (QED) is 0.336. The van der Waals surface area contributed by atoms with Crippen LogP contribution < -0.4 is 0 Å². The Bertz CT molecular complexity index is 186. The Balaban J connectivity index is 3.89. The summed E-state index contributed by atoms with van der Waals surface area (Å²) in [4.78, 5) is 18.6. The van der Waals surface area contributed by atoms with E-state index >= 15 is 0 Å². The first kappa shape index (κ1) is 14.2. The number of rotatable bonds is 8. The molecule has 1 unspecified atom stereocenters. The van der Waals surface area contributed by atoms with Crippen molar-refractivity contribution in [1.82, 2.24) is 10.8 Å². The molecule has 5 N–H and O–H groups in total. The van der Waals surface area contributed by atoms with E-state index in [-0.39, 0.29) is 12.8 Å². The van der Waals surface area contributed by atoms with Gasteiger partial charge >= 0.3 is 5.97 Å². The maximum atomic E-state index is 10.2. The Morgan fingerprint density at radius 2 is 1.80 bits per heavy atom. The highest BCUT2D eigenvalue weighted by atomic mass is 17.1. The summed E-state index contributed by atoms with van der Waals surface area (Å²) in [7, 11) is 0. The van der Waals surface area contributed by atoms with Crippen LogP contribution in [0.2, 0.25) is 0 Å².